The molecule has 3 aliphatic rings. The van der Waals surface area contributed by atoms with Crippen LogP contribution in [0.25, 0.3) is 0 Å². The summed E-state index contributed by atoms with van der Waals surface area (Å²) in [7, 11) is 0. The lowest BCUT2D eigenvalue weighted by atomic mass is 9.47. The first kappa shape index (κ1) is 15.1. The normalized spacial score (nSPS) is 59.8. The van der Waals surface area contributed by atoms with E-state index in [9.17, 15) is 0 Å². The zero-order chi connectivity index (χ0) is 14.3. The quantitative estimate of drug-likeness (QED) is 0.389. The van der Waals surface area contributed by atoms with Gasteiger partial charge in [0.05, 0.1) is 16.6 Å². The first-order chi connectivity index (χ1) is 8.57. The minimum Gasteiger partial charge on any atom is -0.366 e. The third-order valence-electron chi connectivity index (χ3n) is 6.55. The van der Waals surface area contributed by atoms with E-state index in [4.69, 9.17) is 16.3 Å². The van der Waals surface area contributed by atoms with Crippen molar-refractivity contribution in [3.8, 4) is 0 Å². The van der Waals surface area contributed by atoms with Crippen molar-refractivity contribution in [2.45, 2.75) is 79.6 Å². The van der Waals surface area contributed by atoms with Crippen LogP contribution in [0.3, 0.4) is 0 Å². The van der Waals surface area contributed by atoms with Gasteiger partial charge in [0.15, 0.2) is 0 Å². The minimum atomic E-state index is -0.124. The predicted octanol–water partition coefficient (Wildman–Crippen LogP) is 5.27. The molecule has 19 heavy (non-hydrogen) atoms. The van der Waals surface area contributed by atoms with Gasteiger partial charge < -0.3 is 4.74 Å². The molecular formula is C15H23Br2ClO. The van der Waals surface area contributed by atoms with Gasteiger partial charge in [-0.2, -0.15) is 0 Å². The Labute approximate surface area is 138 Å². The second-order valence-corrected chi connectivity index (χ2v) is 10.7. The second-order valence-electron chi connectivity index (χ2n) is 7.67. The fraction of sp³-hybridized carbons (Fsp3) is 1.00. The lowest BCUT2D eigenvalue weighted by Crippen LogP contribution is -2.61. The summed E-state index contributed by atoms with van der Waals surface area (Å²) in [4.78, 5) is 0.760. The van der Waals surface area contributed by atoms with Crippen LogP contribution in [0.5, 0.6) is 0 Å². The molecule has 3 rings (SSSR count). The number of hydrogen-bond acceptors (Lipinski definition) is 1. The van der Waals surface area contributed by atoms with E-state index in [0.29, 0.717) is 15.8 Å². The summed E-state index contributed by atoms with van der Waals surface area (Å²) in [6, 6.07) is 0. The fourth-order valence-corrected chi connectivity index (χ4v) is 6.38. The molecule has 2 aliphatic carbocycles. The summed E-state index contributed by atoms with van der Waals surface area (Å²) in [6.45, 7) is 9.31. The molecule has 3 fully saturated rings. The number of hydrogen-bond donors (Lipinski definition) is 0. The number of halogens is 3. The Morgan fingerprint density at radius 3 is 2.26 bits per heavy atom. The van der Waals surface area contributed by atoms with Gasteiger partial charge in [0.25, 0.3) is 0 Å². The monoisotopic (exact) mass is 412 g/mol. The molecule has 1 saturated heterocycles. The number of ether oxygens (including phenoxy) is 1. The van der Waals surface area contributed by atoms with Crippen LogP contribution in [0.2, 0.25) is 0 Å². The van der Waals surface area contributed by atoms with Gasteiger partial charge in [-0.15, -0.1) is 11.6 Å². The van der Waals surface area contributed by atoms with Gasteiger partial charge >= 0.3 is 0 Å². The SMILES string of the molecule is CC1(C)[C@@H](Br)C[C@H]2O[C@@]2(C)[C@@]12CC[C@](C)(Cl)[C@@H](Br)C2. The molecular weight excluding hydrogens is 391 g/mol. The summed E-state index contributed by atoms with van der Waals surface area (Å²) in [5.74, 6) is 0. The van der Waals surface area contributed by atoms with Gasteiger partial charge in [-0.05, 0) is 44.9 Å². The molecule has 6 atom stereocenters. The average Bonchev–Trinajstić information content (AvgIpc) is 2.94. The molecule has 1 spiro atoms. The Morgan fingerprint density at radius 2 is 1.68 bits per heavy atom. The molecule has 0 unspecified atom stereocenters. The fourth-order valence-electron chi connectivity index (χ4n) is 4.65. The first-order valence-electron chi connectivity index (χ1n) is 7.22. The highest BCUT2D eigenvalue weighted by molar-refractivity contribution is 9.09. The second kappa shape index (κ2) is 4.14. The van der Waals surface area contributed by atoms with Gasteiger partial charge in [0.1, 0.15) is 0 Å². The van der Waals surface area contributed by atoms with Crippen molar-refractivity contribution >= 4 is 43.5 Å². The summed E-state index contributed by atoms with van der Waals surface area (Å²) >= 11 is 14.5. The molecule has 0 aromatic carbocycles. The molecule has 0 aromatic rings. The van der Waals surface area contributed by atoms with Crippen LogP contribution in [-0.2, 0) is 4.74 Å². The van der Waals surface area contributed by atoms with Crippen molar-refractivity contribution < 1.29 is 4.74 Å². The van der Waals surface area contributed by atoms with E-state index in [0.717, 1.165) is 25.7 Å². The van der Waals surface area contributed by atoms with Crippen LogP contribution >= 0.6 is 43.5 Å². The maximum absolute atomic E-state index is 6.66. The Bertz CT molecular complexity index is 411. The molecule has 4 heteroatoms. The van der Waals surface area contributed by atoms with Crippen molar-refractivity contribution in [1.29, 1.82) is 0 Å². The Hall–Kier alpha value is 1.21. The van der Waals surface area contributed by atoms with Crippen molar-refractivity contribution in [3.05, 3.63) is 0 Å². The van der Waals surface area contributed by atoms with Gasteiger partial charge in [-0.25, -0.2) is 0 Å². The van der Waals surface area contributed by atoms with Gasteiger partial charge in [-0.1, -0.05) is 45.7 Å². The van der Waals surface area contributed by atoms with E-state index in [2.05, 4.69) is 59.6 Å². The van der Waals surface area contributed by atoms with E-state index in [1.807, 2.05) is 0 Å². The van der Waals surface area contributed by atoms with Gasteiger partial charge in [0, 0.05) is 15.1 Å². The molecule has 1 heterocycles. The zero-order valence-corrected chi connectivity index (χ0v) is 16.0. The van der Waals surface area contributed by atoms with Crippen LogP contribution < -0.4 is 0 Å². The Morgan fingerprint density at radius 1 is 1.05 bits per heavy atom. The topological polar surface area (TPSA) is 12.5 Å². The number of epoxide rings is 1. The Balaban J connectivity index is 2.01. The predicted molar refractivity (Wildman–Crippen MR) is 87.6 cm³/mol. The summed E-state index contributed by atoms with van der Waals surface area (Å²) in [5, 5.41) is 0. The molecule has 1 nitrogen and oxygen atoms in total. The van der Waals surface area contributed by atoms with Crippen molar-refractivity contribution in [2.75, 3.05) is 0 Å². The molecule has 0 radical (unpaired) electrons. The maximum atomic E-state index is 6.66. The van der Waals surface area contributed by atoms with Crippen molar-refractivity contribution in [1.82, 2.24) is 0 Å². The van der Waals surface area contributed by atoms with Crippen LogP contribution in [0.15, 0.2) is 0 Å². The van der Waals surface area contributed by atoms with E-state index < -0.39 is 0 Å². The smallest absolute Gasteiger partial charge is 0.0982 e. The van der Waals surface area contributed by atoms with Gasteiger partial charge in [0.2, 0.25) is 0 Å². The lowest BCUT2D eigenvalue weighted by molar-refractivity contribution is -0.0547. The van der Waals surface area contributed by atoms with Crippen molar-refractivity contribution in [2.24, 2.45) is 10.8 Å². The minimum absolute atomic E-state index is 0.0557. The highest BCUT2D eigenvalue weighted by Crippen LogP contribution is 2.72. The van der Waals surface area contributed by atoms with Crippen molar-refractivity contribution in [3.63, 3.8) is 0 Å². The number of fused-ring (bicyclic) bond motifs is 2. The van der Waals surface area contributed by atoms with E-state index in [1.165, 1.54) is 0 Å². The lowest BCUT2D eigenvalue weighted by Gasteiger charge is -2.59. The molecule has 1 aliphatic heterocycles. The van der Waals surface area contributed by atoms with E-state index in [1.54, 1.807) is 0 Å². The van der Waals surface area contributed by atoms with Crippen LogP contribution in [0, 0.1) is 10.8 Å². The third kappa shape index (κ3) is 1.80. The molecule has 2 saturated carbocycles. The highest BCUT2D eigenvalue weighted by Gasteiger charge is 2.75. The number of alkyl halides is 3. The average molecular weight is 415 g/mol. The summed E-state index contributed by atoms with van der Waals surface area (Å²) < 4.78 is 6.19. The largest absolute Gasteiger partial charge is 0.366 e. The van der Waals surface area contributed by atoms with Crippen LogP contribution in [0.4, 0.5) is 0 Å². The van der Waals surface area contributed by atoms with E-state index in [-0.39, 0.29) is 21.3 Å². The molecule has 0 amide bonds. The highest BCUT2D eigenvalue weighted by atomic mass is 79.9. The van der Waals surface area contributed by atoms with Gasteiger partial charge in [-0.3, -0.25) is 0 Å². The molecule has 0 bridgehead atoms. The summed E-state index contributed by atoms with van der Waals surface area (Å²) in [6.07, 6.45) is 4.89. The number of rotatable bonds is 0. The zero-order valence-electron chi connectivity index (χ0n) is 12.1. The third-order valence-corrected chi connectivity index (χ3v) is 10.1. The first-order valence-corrected chi connectivity index (χ1v) is 9.43. The van der Waals surface area contributed by atoms with Crippen LogP contribution in [-0.4, -0.2) is 26.2 Å². The molecule has 110 valence electrons. The summed E-state index contributed by atoms with van der Waals surface area (Å²) in [5.41, 5.74) is 0.508. The standard InChI is InChI=1S/C15H23Br2ClO/c1-12(2)9(16)7-11-14(4,19-11)15(12)6-5-13(3,18)10(17)8-15/h9-11H,5-8H2,1-4H3/t9-,10-,11+,13-,14+,15+/m0/s1. The maximum Gasteiger partial charge on any atom is 0.0982 e. The molecule has 0 aromatic heterocycles. The van der Waals surface area contributed by atoms with Crippen LogP contribution in [0.1, 0.15) is 53.4 Å². The Kier molecular flexibility index (Phi) is 3.30. The molecule has 0 N–H and O–H groups in total. The van der Waals surface area contributed by atoms with E-state index >= 15 is 0 Å².